The number of carbonyl (C=O) groups is 1. The van der Waals surface area contributed by atoms with Gasteiger partial charge in [0.15, 0.2) is 0 Å². The fourth-order valence-corrected chi connectivity index (χ4v) is 1.85. The number of likely N-dealkylation sites (N-methyl/N-ethyl adjacent to an activating group) is 1. The van der Waals surface area contributed by atoms with Crippen LogP contribution >= 0.6 is 0 Å². The zero-order valence-corrected chi connectivity index (χ0v) is 8.92. The molecule has 1 N–H and O–H groups in total. The average molecular weight is 201 g/mol. The van der Waals surface area contributed by atoms with Crippen molar-refractivity contribution in [2.24, 2.45) is 0 Å². The summed E-state index contributed by atoms with van der Waals surface area (Å²) < 4.78 is 0. The van der Waals surface area contributed by atoms with Crippen LogP contribution in [-0.2, 0) is 11.2 Å². The molecule has 2 heteroatoms. The van der Waals surface area contributed by atoms with Gasteiger partial charge in [-0.2, -0.15) is 0 Å². The van der Waals surface area contributed by atoms with Gasteiger partial charge in [0.2, 0.25) is 5.91 Å². The van der Waals surface area contributed by atoms with E-state index in [1.165, 1.54) is 10.4 Å². The quantitative estimate of drug-likeness (QED) is 0.734. The van der Waals surface area contributed by atoms with Gasteiger partial charge in [0.25, 0.3) is 0 Å². The van der Waals surface area contributed by atoms with Crippen LogP contribution in [0.1, 0.15) is 18.4 Å². The number of carbonyl (C=O) groups excluding carboxylic acids is 1. The first kappa shape index (κ1) is 9.97. The van der Waals surface area contributed by atoms with Crippen molar-refractivity contribution in [1.29, 1.82) is 0 Å². The van der Waals surface area contributed by atoms with E-state index in [0.717, 1.165) is 18.4 Å². The summed E-state index contributed by atoms with van der Waals surface area (Å²) in [6.45, 7) is 0. The molecule has 1 aliphatic rings. The van der Waals surface area contributed by atoms with E-state index >= 15 is 0 Å². The van der Waals surface area contributed by atoms with Gasteiger partial charge in [-0.05, 0) is 28.8 Å². The lowest BCUT2D eigenvalue weighted by Gasteiger charge is -2.03. The summed E-state index contributed by atoms with van der Waals surface area (Å²) in [5.41, 5.74) is 1.08. The Balaban J connectivity index is 2.33. The molecule has 1 aromatic carbocycles. The van der Waals surface area contributed by atoms with Gasteiger partial charge in [-0.25, -0.2) is 0 Å². The molecule has 2 nitrogen and oxygen atoms in total. The highest BCUT2D eigenvalue weighted by Crippen LogP contribution is 1.98. The third-order valence-electron chi connectivity index (χ3n) is 2.69. The van der Waals surface area contributed by atoms with Crippen LogP contribution in [0.15, 0.2) is 18.2 Å². The minimum Gasteiger partial charge on any atom is -0.359 e. The highest BCUT2D eigenvalue weighted by molar-refractivity contribution is 5.78. The van der Waals surface area contributed by atoms with Gasteiger partial charge in [0, 0.05) is 7.05 Å². The van der Waals surface area contributed by atoms with E-state index in [-0.39, 0.29) is 5.91 Å². The second-order valence-corrected chi connectivity index (χ2v) is 3.80. The highest BCUT2D eigenvalue weighted by atomic mass is 16.1. The number of hydrogen-bond donors (Lipinski definition) is 1. The lowest BCUT2D eigenvalue weighted by atomic mass is 10.0. The maximum Gasteiger partial charge on any atom is 0.224 e. The summed E-state index contributed by atoms with van der Waals surface area (Å²) >= 11 is 0. The molecule has 0 aliphatic heterocycles. The number of nitrogens with one attached hydrogen (secondary N) is 1. The van der Waals surface area contributed by atoms with E-state index < -0.39 is 0 Å². The van der Waals surface area contributed by atoms with Crippen LogP contribution in [0.2, 0.25) is 0 Å². The molecular formula is C13H15NO. The maximum absolute atomic E-state index is 11.2. The number of amides is 1. The zero-order valence-electron chi connectivity index (χ0n) is 8.92. The van der Waals surface area contributed by atoms with Crippen molar-refractivity contribution in [3.63, 3.8) is 0 Å². The molecule has 0 spiro atoms. The van der Waals surface area contributed by atoms with E-state index in [2.05, 4.69) is 29.6 Å². The van der Waals surface area contributed by atoms with Crippen molar-refractivity contribution >= 4 is 18.1 Å². The van der Waals surface area contributed by atoms with Crippen molar-refractivity contribution in [1.82, 2.24) is 5.32 Å². The van der Waals surface area contributed by atoms with E-state index in [1.807, 2.05) is 6.07 Å². The molecular weight excluding hydrogens is 186 g/mol. The van der Waals surface area contributed by atoms with Gasteiger partial charge < -0.3 is 5.32 Å². The molecule has 2 rings (SSSR count). The molecule has 78 valence electrons. The lowest BCUT2D eigenvalue weighted by Crippen LogP contribution is -2.28. The summed E-state index contributed by atoms with van der Waals surface area (Å²) in [6.07, 6.45) is 7.19. The number of rotatable bonds is 2. The molecule has 0 atom stereocenters. The molecule has 15 heavy (non-hydrogen) atoms. The molecule has 0 saturated heterocycles. The van der Waals surface area contributed by atoms with Crippen molar-refractivity contribution in [3.8, 4) is 0 Å². The first-order chi connectivity index (χ1) is 7.29. The van der Waals surface area contributed by atoms with E-state index in [9.17, 15) is 4.79 Å². The van der Waals surface area contributed by atoms with Crippen molar-refractivity contribution < 1.29 is 4.79 Å². The monoisotopic (exact) mass is 201 g/mol. The second kappa shape index (κ2) is 4.30. The second-order valence-electron chi connectivity index (χ2n) is 3.80. The molecule has 0 aromatic heterocycles. The third kappa shape index (κ3) is 2.27. The summed E-state index contributed by atoms with van der Waals surface area (Å²) in [5.74, 6) is 0.0646. The van der Waals surface area contributed by atoms with Crippen molar-refractivity contribution in [2.45, 2.75) is 19.3 Å². The van der Waals surface area contributed by atoms with Crippen LogP contribution in [0.4, 0.5) is 0 Å². The molecule has 0 saturated carbocycles. The van der Waals surface area contributed by atoms with Crippen molar-refractivity contribution in [2.75, 3.05) is 7.05 Å². The molecule has 1 aliphatic carbocycles. The Bertz CT molecular complexity index is 488. The van der Waals surface area contributed by atoms with Gasteiger partial charge in [-0.15, -0.1) is 0 Å². The van der Waals surface area contributed by atoms with Gasteiger partial charge in [0.1, 0.15) is 0 Å². The fraction of sp³-hybridized carbons (Fsp3) is 0.308. The predicted molar refractivity (Wildman–Crippen MR) is 61.6 cm³/mol. The van der Waals surface area contributed by atoms with Gasteiger partial charge in [0.05, 0.1) is 6.42 Å². The van der Waals surface area contributed by atoms with Crippen LogP contribution in [0.5, 0.6) is 0 Å². The highest BCUT2D eigenvalue weighted by Gasteiger charge is 2.01. The van der Waals surface area contributed by atoms with Gasteiger partial charge in [-0.3, -0.25) is 4.79 Å². The Morgan fingerprint density at radius 1 is 1.27 bits per heavy atom. The zero-order chi connectivity index (χ0) is 10.7. The minimum absolute atomic E-state index is 0.0646. The normalized spacial score (nSPS) is 13.4. The lowest BCUT2D eigenvalue weighted by molar-refractivity contribution is -0.119. The fourth-order valence-electron chi connectivity index (χ4n) is 1.85. The van der Waals surface area contributed by atoms with E-state index in [0.29, 0.717) is 6.42 Å². The Morgan fingerprint density at radius 2 is 2.00 bits per heavy atom. The standard InChI is InChI=1S/C13H15NO/c1-14-13(15)9-10-6-7-11-4-2-3-5-12(11)8-10/h4-8H,2-3,9H2,1H3,(H,14,15). The number of benzene rings is 1. The average Bonchev–Trinajstić information content (AvgIpc) is 2.29. The number of fused-ring (bicyclic) bond motifs is 1. The largest absolute Gasteiger partial charge is 0.359 e. The first-order valence-electron chi connectivity index (χ1n) is 5.29. The molecule has 0 bridgehead atoms. The van der Waals surface area contributed by atoms with Gasteiger partial charge in [-0.1, -0.05) is 30.4 Å². The Labute approximate surface area is 89.3 Å². The minimum atomic E-state index is 0.0646. The van der Waals surface area contributed by atoms with Crippen LogP contribution in [0, 0.1) is 0 Å². The third-order valence-corrected chi connectivity index (χ3v) is 2.69. The van der Waals surface area contributed by atoms with Gasteiger partial charge >= 0.3 is 0 Å². The first-order valence-corrected chi connectivity index (χ1v) is 5.29. The summed E-state index contributed by atoms with van der Waals surface area (Å²) in [7, 11) is 1.67. The molecule has 1 amide bonds. The molecule has 0 radical (unpaired) electrons. The molecule has 0 heterocycles. The Kier molecular flexibility index (Phi) is 2.86. The smallest absolute Gasteiger partial charge is 0.224 e. The van der Waals surface area contributed by atoms with Crippen LogP contribution in [0.25, 0.3) is 12.2 Å². The summed E-state index contributed by atoms with van der Waals surface area (Å²) in [5, 5.41) is 5.20. The molecule has 0 unspecified atom stereocenters. The van der Waals surface area contributed by atoms with Crippen molar-refractivity contribution in [3.05, 3.63) is 34.2 Å². The molecule has 0 fully saturated rings. The van der Waals surface area contributed by atoms with E-state index in [1.54, 1.807) is 7.05 Å². The maximum atomic E-state index is 11.2. The van der Waals surface area contributed by atoms with Crippen LogP contribution < -0.4 is 15.8 Å². The summed E-state index contributed by atoms with van der Waals surface area (Å²) in [6, 6.07) is 6.24. The topological polar surface area (TPSA) is 29.1 Å². The number of hydrogen-bond acceptors (Lipinski definition) is 1. The molecule has 1 aromatic rings. The summed E-state index contributed by atoms with van der Waals surface area (Å²) in [4.78, 5) is 11.2. The predicted octanol–water partition coefficient (Wildman–Crippen LogP) is 0.330. The SMILES string of the molecule is CNC(=O)Cc1ccc2c(c1)=CCCC=2. The van der Waals surface area contributed by atoms with Crippen LogP contribution in [-0.4, -0.2) is 13.0 Å². The Hall–Kier alpha value is -1.57. The van der Waals surface area contributed by atoms with E-state index in [4.69, 9.17) is 0 Å². The van der Waals surface area contributed by atoms with Crippen LogP contribution in [0.3, 0.4) is 0 Å². The Morgan fingerprint density at radius 3 is 2.73 bits per heavy atom.